The van der Waals surface area contributed by atoms with Crippen molar-refractivity contribution in [2.24, 2.45) is 5.73 Å². The number of alkyl halides is 1. The molecule has 1 aromatic heterocycles. The first-order valence-electron chi connectivity index (χ1n) is 17.2. The summed E-state index contributed by atoms with van der Waals surface area (Å²) in [6, 6.07) is -0.887. The second-order valence-corrected chi connectivity index (χ2v) is 16.3. The first-order valence-corrected chi connectivity index (χ1v) is 19.0. The van der Waals surface area contributed by atoms with Gasteiger partial charge in [0.25, 0.3) is 0 Å². The molecule has 15 nitrogen and oxygen atoms in total. The van der Waals surface area contributed by atoms with Gasteiger partial charge in [0, 0.05) is 24.7 Å². The van der Waals surface area contributed by atoms with Crippen LogP contribution in [0.1, 0.15) is 106 Å². The van der Waals surface area contributed by atoms with E-state index in [1.165, 1.54) is 16.2 Å². The smallest absolute Gasteiger partial charge is 0.410 e. The van der Waals surface area contributed by atoms with Gasteiger partial charge in [-0.2, -0.15) is 0 Å². The van der Waals surface area contributed by atoms with Gasteiger partial charge < -0.3 is 40.1 Å². The SMILES string of the molecule is CC(C)OC(=O)N[C@@H]1CCC(c2nccs2)N(C(=O)OC(C)(C)C)C1.CC(C)OC(=O)N[C@@H]1CC[C@@H](C(N)=S)N(C(=O)OC(C)(C)C)C1.O=CCCl. The van der Waals surface area contributed by atoms with Crippen LogP contribution < -0.4 is 16.4 Å². The standard InChI is InChI=1S/C17H27N3O4S.C15H27N3O4S.C2H3ClO/c1-11(2)23-15(21)19-12-6-7-13(14-18-8-9-25-14)20(10-12)16(22)24-17(3,4)5;1-9(2)21-13(19)17-10-6-7-11(12(16)23)18(8-10)14(20)22-15(3,4)5;3-1-2-4/h8-9,11-13H,6-7,10H2,1-5H3,(H,19,21);9-11H,6-8H2,1-5H3,(H2,16,23)(H,17,19);2H,1H2/t12-,13?;10-,11+;/m11./s1. The normalized spacial score (nSPS) is 20.2. The lowest BCUT2D eigenvalue weighted by molar-refractivity contribution is -0.105. The summed E-state index contributed by atoms with van der Waals surface area (Å²) in [6.45, 7) is 18.7. The molecule has 0 spiro atoms. The second-order valence-electron chi connectivity index (χ2n) is 14.6. The lowest BCUT2D eigenvalue weighted by atomic mass is 9.98. The van der Waals surface area contributed by atoms with Crippen molar-refractivity contribution in [3.63, 3.8) is 0 Å². The molecule has 3 rings (SSSR count). The average molecular weight is 793 g/mol. The lowest BCUT2D eigenvalue weighted by Gasteiger charge is -2.39. The number of nitrogens with two attached hydrogens (primary N) is 1. The number of carbonyl (C=O) groups is 5. The molecule has 2 aliphatic heterocycles. The van der Waals surface area contributed by atoms with E-state index in [0.717, 1.165) is 11.4 Å². The number of piperidine rings is 2. The van der Waals surface area contributed by atoms with Gasteiger partial charge in [-0.05, 0) is 94.9 Å². The third kappa shape index (κ3) is 18.4. The van der Waals surface area contributed by atoms with Crippen LogP contribution >= 0.6 is 35.2 Å². The fourth-order valence-corrected chi connectivity index (χ4v) is 6.03. The fourth-order valence-electron chi connectivity index (χ4n) is 5.00. The molecule has 0 saturated carbocycles. The van der Waals surface area contributed by atoms with Crippen LogP contribution in [0, 0.1) is 0 Å². The molecule has 0 bridgehead atoms. The summed E-state index contributed by atoms with van der Waals surface area (Å²) in [5, 5.41) is 8.38. The molecule has 1 unspecified atom stereocenters. The first kappa shape index (κ1) is 46.6. The molecule has 0 aliphatic carbocycles. The van der Waals surface area contributed by atoms with Gasteiger partial charge in [-0.25, -0.2) is 24.2 Å². The van der Waals surface area contributed by atoms with E-state index in [4.69, 9.17) is 53.3 Å². The number of halogens is 1. The van der Waals surface area contributed by atoms with Crippen molar-refractivity contribution in [2.45, 2.75) is 142 Å². The summed E-state index contributed by atoms with van der Waals surface area (Å²) in [5.41, 5.74) is 4.54. The van der Waals surface area contributed by atoms with Gasteiger partial charge >= 0.3 is 24.4 Å². The molecule has 18 heteroatoms. The van der Waals surface area contributed by atoms with Crippen LogP contribution in [0.25, 0.3) is 0 Å². The van der Waals surface area contributed by atoms with Crippen LogP contribution in [-0.2, 0) is 23.7 Å². The average Bonchev–Trinajstić information content (AvgIpc) is 3.54. The summed E-state index contributed by atoms with van der Waals surface area (Å²) in [6.07, 6.45) is 2.83. The first-order chi connectivity index (χ1) is 24.1. The van der Waals surface area contributed by atoms with E-state index < -0.39 is 35.6 Å². The molecular formula is C34H57ClN6O9S2. The molecule has 4 atom stereocenters. The zero-order valence-corrected chi connectivity index (χ0v) is 34.3. The molecule has 0 aromatic carbocycles. The maximum atomic E-state index is 12.7. The van der Waals surface area contributed by atoms with Crippen molar-refractivity contribution in [1.82, 2.24) is 25.4 Å². The largest absolute Gasteiger partial charge is 0.447 e. The highest BCUT2D eigenvalue weighted by molar-refractivity contribution is 7.80. The van der Waals surface area contributed by atoms with Crippen LogP contribution in [-0.4, -0.2) is 111 Å². The number of likely N-dealkylation sites (tertiary alicyclic amines) is 2. The minimum Gasteiger partial charge on any atom is -0.447 e. The number of nitrogens with zero attached hydrogens (tertiary/aromatic N) is 3. The fraction of sp³-hybridized carbons (Fsp3) is 0.735. The van der Waals surface area contributed by atoms with Crippen LogP contribution in [0.3, 0.4) is 0 Å². The molecule has 296 valence electrons. The molecule has 52 heavy (non-hydrogen) atoms. The van der Waals surface area contributed by atoms with Crippen LogP contribution in [0.15, 0.2) is 11.6 Å². The number of alkyl carbamates (subject to hydrolysis) is 2. The number of rotatable bonds is 7. The third-order valence-electron chi connectivity index (χ3n) is 6.88. The number of nitrogens with one attached hydrogen (secondary N) is 2. The maximum absolute atomic E-state index is 12.7. The van der Waals surface area contributed by atoms with Gasteiger partial charge in [0.05, 0.1) is 47.2 Å². The molecule has 1 aromatic rings. The number of thiazole rings is 1. The molecule has 3 heterocycles. The molecule has 0 radical (unpaired) electrons. The van der Waals surface area contributed by atoms with Crippen molar-refractivity contribution in [1.29, 1.82) is 0 Å². The van der Waals surface area contributed by atoms with Gasteiger partial charge in [0.1, 0.15) is 22.5 Å². The third-order valence-corrected chi connectivity index (χ3v) is 8.15. The Labute approximate surface area is 321 Å². The van der Waals surface area contributed by atoms with Crippen molar-refractivity contribution in [3.8, 4) is 0 Å². The van der Waals surface area contributed by atoms with Gasteiger partial charge in [-0.1, -0.05) is 12.2 Å². The van der Waals surface area contributed by atoms with Crippen molar-refractivity contribution in [3.05, 3.63) is 16.6 Å². The lowest BCUT2D eigenvalue weighted by Crippen LogP contribution is -2.58. The molecule has 4 N–H and O–H groups in total. The van der Waals surface area contributed by atoms with Crippen molar-refractivity contribution >= 4 is 70.8 Å². The summed E-state index contributed by atoms with van der Waals surface area (Å²) in [4.78, 5) is 65.4. The number of hydrogen-bond acceptors (Lipinski definition) is 12. The van der Waals surface area contributed by atoms with E-state index in [1.54, 1.807) is 59.6 Å². The Hall–Kier alpha value is -3.44. The van der Waals surface area contributed by atoms with E-state index in [9.17, 15) is 19.2 Å². The Morgan fingerprint density at radius 3 is 1.73 bits per heavy atom. The number of hydrogen-bond donors (Lipinski definition) is 3. The Kier molecular flexibility index (Phi) is 19.6. The van der Waals surface area contributed by atoms with Gasteiger partial charge in [-0.15, -0.1) is 22.9 Å². The summed E-state index contributed by atoms with van der Waals surface area (Å²) in [5.74, 6) is 0.111. The van der Waals surface area contributed by atoms with E-state index in [-0.39, 0.29) is 53.8 Å². The molecular weight excluding hydrogens is 736 g/mol. The second kappa shape index (κ2) is 21.9. The zero-order chi connectivity index (χ0) is 39.8. The van der Waals surface area contributed by atoms with Crippen LogP contribution in [0.5, 0.6) is 0 Å². The van der Waals surface area contributed by atoms with Gasteiger partial charge in [0.15, 0.2) is 0 Å². The van der Waals surface area contributed by atoms with Crippen molar-refractivity contribution in [2.75, 3.05) is 19.0 Å². The predicted molar refractivity (Wildman–Crippen MR) is 204 cm³/mol. The summed E-state index contributed by atoms with van der Waals surface area (Å²) < 4.78 is 21.1. The topological polar surface area (TPSA) is 192 Å². The predicted octanol–water partition coefficient (Wildman–Crippen LogP) is 6.32. The quantitative estimate of drug-likeness (QED) is 0.121. The molecule has 2 aliphatic rings. The molecule has 2 fully saturated rings. The van der Waals surface area contributed by atoms with E-state index >= 15 is 0 Å². The zero-order valence-electron chi connectivity index (χ0n) is 31.9. The summed E-state index contributed by atoms with van der Waals surface area (Å²) in [7, 11) is 0. The Morgan fingerprint density at radius 2 is 1.35 bits per heavy atom. The summed E-state index contributed by atoms with van der Waals surface area (Å²) >= 11 is 11.4. The van der Waals surface area contributed by atoms with Crippen molar-refractivity contribution < 1.29 is 42.9 Å². The Bertz CT molecular complexity index is 1310. The Morgan fingerprint density at radius 1 is 0.904 bits per heavy atom. The minimum absolute atomic E-state index is 0.111. The highest BCUT2D eigenvalue weighted by Gasteiger charge is 2.38. The highest BCUT2D eigenvalue weighted by Crippen LogP contribution is 2.33. The minimum atomic E-state index is -0.616. The van der Waals surface area contributed by atoms with E-state index in [2.05, 4.69) is 15.6 Å². The number of thiocarbonyl (C=S) groups is 1. The number of ether oxygens (including phenoxy) is 4. The highest BCUT2D eigenvalue weighted by atomic mass is 35.5. The van der Waals surface area contributed by atoms with Crippen LogP contribution in [0.4, 0.5) is 19.2 Å². The molecule has 4 amide bonds. The number of amides is 4. The monoisotopic (exact) mass is 792 g/mol. The molecule has 2 saturated heterocycles. The van der Waals surface area contributed by atoms with E-state index in [1.807, 2.05) is 26.2 Å². The maximum Gasteiger partial charge on any atom is 0.410 e. The van der Waals surface area contributed by atoms with Gasteiger partial charge in [-0.3, -0.25) is 9.80 Å². The van der Waals surface area contributed by atoms with Gasteiger partial charge in [0.2, 0.25) is 0 Å². The van der Waals surface area contributed by atoms with E-state index in [0.29, 0.717) is 32.1 Å². The Balaban J connectivity index is 0.000000473. The number of aromatic nitrogens is 1. The van der Waals surface area contributed by atoms with Crippen LogP contribution in [0.2, 0.25) is 0 Å². The number of aldehydes is 1. The number of carbonyl (C=O) groups excluding carboxylic acids is 5.